The van der Waals surface area contributed by atoms with Gasteiger partial charge >= 0.3 is 6.16 Å². The monoisotopic (exact) mass is 234 g/mol. The van der Waals surface area contributed by atoms with Gasteiger partial charge in [-0.05, 0) is 51.4 Å². The molecule has 1 saturated carbocycles. The van der Waals surface area contributed by atoms with Gasteiger partial charge in [0.2, 0.25) is 0 Å². The van der Waals surface area contributed by atoms with Crippen molar-refractivity contribution in [3.05, 3.63) is 0 Å². The largest absolute Gasteiger partial charge is 0.509 e. The maximum Gasteiger partial charge on any atom is 0.509 e. The van der Waals surface area contributed by atoms with E-state index in [1.165, 1.54) is 0 Å². The van der Waals surface area contributed by atoms with Crippen LogP contribution in [0.1, 0.15) is 32.6 Å². The predicted octanol–water partition coefficient (Wildman–Crippen LogP) is 3.12. The van der Waals surface area contributed by atoms with Crippen LogP contribution < -0.4 is 0 Å². The van der Waals surface area contributed by atoms with E-state index in [-0.39, 0.29) is 4.93 Å². The summed E-state index contributed by atoms with van der Waals surface area (Å²) in [4.78, 5) is 11.2. The lowest BCUT2D eigenvalue weighted by atomic mass is 10.3. The molecule has 0 spiro atoms. The molecule has 0 amide bonds. The molecule has 4 heteroatoms. The fourth-order valence-electron chi connectivity index (χ4n) is 2.05. The minimum Gasteiger partial charge on any atom is -0.435 e. The second-order valence-corrected chi connectivity index (χ2v) is 9.16. The Balaban J connectivity index is 2.70. The van der Waals surface area contributed by atoms with Crippen LogP contribution in [0, 0.1) is 0 Å². The zero-order valence-electron chi connectivity index (χ0n) is 10.2. The Morgan fingerprint density at radius 1 is 1.27 bits per heavy atom. The summed E-state index contributed by atoms with van der Waals surface area (Å²) >= 11 is 0. The first-order chi connectivity index (χ1) is 6.91. The Kier molecular flexibility index (Phi) is 3.93. The van der Waals surface area contributed by atoms with Crippen LogP contribution in [0.2, 0.25) is 0 Å². The number of hydrogen-bond donors (Lipinski definition) is 0. The molecule has 0 aromatic heterocycles. The zero-order chi connectivity index (χ0) is 11.5. The van der Waals surface area contributed by atoms with E-state index in [4.69, 9.17) is 9.47 Å². The highest BCUT2D eigenvalue weighted by Crippen LogP contribution is 2.58. The average molecular weight is 234 g/mol. The molecule has 15 heavy (non-hydrogen) atoms. The molecular formula is C11H22O3S. The fraction of sp³-hybridized carbons (Fsp3) is 0.909. The van der Waals surface area contributed by atoms with Gasteiger partial charge in [-0.2, -0.15) is 0 Å². The van der Waals surface area contributed by atoms with E-state index >= 15 is 0 Å². The van der Waals surface area contributed by atoms with Crippen LogP contribution in [0.4, 0.5) is 4.79 Å². The van der Waals surface area contributed by atoms with E-state index in [1.54, 1.807) is 6.92 Å². The lowest BCUT2D eigenvalue weighted by Crippen LogP contribution is -2.36. The maximum atomic E-state index is 11.4. The number of rotatable bonds is 3. The highest BCUT2D eigenvalue weighted by Gasteiger charge is 2.45. The Labute approximate surface area is 93.8 Å². The van der Waals surface area contributed by atoms with Crippen molar-refractivity contribution in [3.8, 4) is 0 Å². The predicted molar refractivity (Wildman–Crippen MR) is 64.7 cm³/mol. The molecule has 1 aliphatic rings. The van der Waals surface area contributed by atoms with Crippen LogP contribution in [0.25, 0.3) is 0 Å². The van der Waals surface area contributed by atoms with E-state index in [0.717, 1.165) is 25.7 Å². The van der Waals surface area contributed by atoms with Crippen molar-refractivity contribution in [3.63, 3.8) is 0 Å². The van der Waals surface area contributed by atoms with Crippen LogP contribution in [0.5, 0.6) is 0 Å². The highest BCUT2D eigenvalue weighted by molar-refractivity contribution is 8.33. The van der Waals surface area contributed by atoms with E-state index in [1.807, 2.05) is 0 Å². The number of carbonyl (C=O) groups excluding carboxylic acids is 1. The minimum atomic E-state index is -0.901. The molecule has 0 unspecified atom stereocenters. The van der Waals surface area contributed by atoms with E-state index in [0.29, 0.717) is 6.61 Å². The fourth-order valence-corrected chi connectivity index (χ4v) is 3.88. The molecule has 0 aliphatic heterocycles. The third-order valence-electron chi connectivity index (χ3n) is 3.01. The second kappa shape index (κ2) is 4.64. The topological polar surface area (TPSA) is 35.5 Å². The van der Waals surface area contributed by atoms with Crippen LogP contribution in [0.3, 0.4) is 0 Å². The molecule has 0 aromatic carbocycles. The molecule has 0 radical (unpaired) electrons. The molecule has 0 N–H and O–H groups in total. The molecule has 1 fully saturated rings. The van der Waals surface area contributed by atoms with Gasteiger partial charge < -0.3 is 9.47 Å². The molecule has 1 aliphatic carbocycles. The molecule has 0 heterocycles. The minimum absolute atomic E-state index is 0.237. The van der Waals surface area contributed by atoms with Gasteiger partial charge in [0.25, 0.3) is 0 Å². The van der Waals surface area contributed by atoms with Crippen LogP contribution in [-0.4, -0.2) is 36.5 Å². The van der Waals surface area contributed by atoms with Gasteiger partial charge in [0.15, 0.2) is 0 Å². The van der Waals surface area contributed by atoms with Crippen molar-refractivity contribution < 1.29 is 14.3 Å². The first-order valence-corrected chi connectivity index (χ1v) is 8.31. The first-order valence-electron chi connectivity index (χ1n) is 5.45. The summed E-state index contributed by atoms with van der Waals surface area (Å²) < 4.78 is 10.5. The summed E-state index contributed by atoms with van der Waals surface area (Å²) in [5.74, 6) is 0. The SMILES string of the molecule is CCOC(=O)OC1(S(C)(C)C)CCCC1. The summed E-state index contributed by atoms with van der Waals surface area (Å²) in [6, 6.07) is 0. The van der Waals surface area contributed by atoms with Crippen molar-refractivity contribution in [2.75, 3.05) is 25.4 Å². The molecular weight excluding hydrogens is 212 g/mol. The Hall–Kier alpha value is -0.380. The van der Waals surface area contributed by atoms with Crippen molar-refractivity contribution in [2.24, 2.45) is 0 Å². The van der Waals surface area contributed by atoms with Gasteiger partial charge in [-0.3, -0.25) is 0 Å². The third-order valence-corrected chi connectivity index (χ3v) is 5.74. The van der Waals surface area contributed by atoms with Crippen molar-refractivity contribution in [2.45, 2.75) is 37.5 Å². The Morgan fingerprint density at radius 2 is 1.80 bits per heavy atom. The summed E-state index contributed by atoms with van der Waals surface area (Å²) in [5, 5.41) is 0. The Bertz CT molecular complexity index is 226. The normalized spacial score (nSPS) is 21.1. The van der Waals surface area contributed by atoms with Crippen molar-refractivity contribution in [1.82, 2.24) is 0 Å². The average Bonchev–Trinajstić information content (AvgIpc) is 2.53. The van der Waals surface area contributed by atoms with Crippen molar-refractivity contribution >= 4 is 16.2 Å². The molecule has 0 aromatic rings. The number of carbonyl (C=O) groups is 1. The quantitative estimate of drug-likeness (QED) is 0.704. The molecule has 0 bridgehead atoms. The standard InChI is InChI=1S/C11H22O3S/c1-5-13-10(12)14-11(15(2,3)4)8-6-7-9-11/h5-9H2,1-4H3. The first kappa shape index (κ1) is 12.7. The summed E-state index contributed by atoms with van der Waals surface area (Å²) in [6.45, 7) is 2.18. The lowest BCUT2D eigenvalue weighted by molar-refractivity contribution is 0.0129. The van der Waals surface area contributed by atoms with E-state index in [2.05, 4.69) is 18.8 Å². The third kappa shape index (κ3) is 2.80. The van der Waals surface area contributed by atoms with E-state index < -0.39 is 16.2 Å². The van der Waals surface area contributed by atoms with Crippen LogP contribution in [-0.2, 0) is 9.47 Å². The zero-order valence-corrected chi connectivity index (χ0v) is 11.0. The van der Waals surface area contributed by atoms with Gasteiger partial charge in [0.05, 0.1) is 6.61 Å². The van der Waals surface area contributed by atoms with Gasteiger partial charge in [0, 0.05) is 0 Å². The summed E-state index contributed by atoms with van der Waals surface area (Å²) in [5.41, 5.74) is 0. The van der Waals surface area contributed by atoms with Crippen LogP contribution >= 0.6 is 10.0 Å². The lowest BCUT2D eigenvalue weighted by Gasteiger charge is -2.44. The van der Waals surface area contributed by atoms with E-state index in [9.17, 15) is 4.79 Å². The van der Waals surface area contributed by atoms with Crippen molar-refractivity contribution in [1.29, 1.82) is 0 Å². The second-order valence-electron chi connectivity index (χ2n) is 4.74. The summed E-state index contributed by atoms with van der Waals surface area (Å²) in [6.07, 6.45) is 10.4. The number of hydrogen-bond acceptors (Lipinski definition) is 3. The van der Waals surface area contributed by atoms with Crippen LogP contribution in [0.15, 0.2) is 0 Å². The molecule has 0 saturated heterocycles. The molecule has 3 nitrogen and oxygen atoms in total. The smallest absolute Gasteiger partial charge is 0.435 e. The Morgan fingerprint density at radius 3 is 2.20 bits per heavy atom. The molecule has 90 valence electrons. The van der Waals surface area contributed by atoms with Gasteiger partial charge in [-0.1, -0.05) is 0 Å². The maximum absolute atomic E-state index is 11.4. The van der Waals surface area contributed by atoms with Gasteiger partial charge in [-0.15, -0.1) is 0 Å². The van der Waals surface area contributed by atoms with Gasteiger partial charge in [0.1, 0.15) is 4.93 Å². The number of ether oxygens (including phenoxy) is 2. The van der Waals surface area contributed by atoms with Gasteiger partial charge in [-0.25, -0.2) is 14.8 Å². The molecule has 1 rings (SSSR count). The highest BCUT2D eigenvalue weighted by atomic mass is 32.3. The molecule has 0 atom stereocenters. The summed E-state index contributed by atoms with van der Waals surface area (Å²) in [7, 11) is -0.901.